The molecule has 1 rings (SSSR count). The summed E-state index contributed by atoms with van der Waals surface area (Å²) in [6, 6.07) is 7.29. The van der Waals surface area contributed by atoms with E-state index in [2.05, 4.69) is 4.74 Å². The molecule has 0 bridgehead atoms. The molecule has 10 heavy (non-hydrogen) atoms. The number of alkyl halides is 1. The fourth-order valence-corrected chi connectivity index (χ4v) is 0.768. The van der Waals surface area contributed by atoms with Gasteiger partial charge in [-0.1, -0.05) is 12.1 Å². The first-order valence-corrected chi connectivity index (χ1v) is 3.08. The van der Waals surface area contributed by atoms with E-state index in [1.807, 2.05) is 19.1 Å². The SMILES string of the molecule is Cc1cccc(OCF)c1. The van der Waals surface area contributed by atoms with Gasteiger partial charge in [0.1, 0.15) is 5.75 Å². The van der Waals surface area contributed by atoms with E-state index in [1.54, 1.807) is 12.1 Å². The molecule has 0 spiro atoms. The van der Waals surface area contributed by atoms with E-state index >= 15 is 0 Å². The highest BCUT2D eigenvalue weighted by Crippen LogP contribution is 2.11. The van der Waals surface area contributed by atoms with Crippen molar-refractivity contribution >= 4 is 0 Å². The average molecular weight is 140 g/mol. The third kappa shape index (κ3) is 1.72. The van der Waals surface area contributed by atoms with Gasteiger partial charge in [-0.05, 0) is 24.6 Å². The van der Waals surface area contributed by atoms with Crippen molar-refractivity contribution in [1.82, 2.24) is 0 Å². The molecule has 0 saturated heterocycles. The fourth-order valence-electron chi connectivity index (χ4n) is 0.768. The number of rotatable bonds is 2. The number of aryl methyl sites for hydroxylation is 1. The average Bonchev–Trinajstić information content (AvgIpc) is 1.88. The van der Waals surface area contributed by atoms with Crippen LogP contribution in [0.3, 0.4) is 0 Å². The van der Waals surface area contributed by atoms with Crippen LogP contribution in [0, 0.1) is 6.92 Å². The van der Waals surface area contributed by atoms with Crippen LogP contribution in [0.1, 0.15) is 5.56 Å². The minimum atomic E-state index is -0.760. The Morgan fingerprint density at radius 3 is 2.90 bits per heavy atom. The lowest BCUT2D eigenvalue weighted by atomic mass is 10.2. The van der Waals surface area contributed by atoms with E-state index in [-0.39, 0.29) is 0 Å². The molecule has 0 aromatic heterocycles. The molecule has 0 radical (unpaired) electrons. The van der Waals surface area contributed by atoms with Crippen LogP contribution >= 0.6 is 0 Å². The zero-order chi connectivity index (χ0) is 7.40. The highest BCUT2D eigenvalue weighted by molar-refractivity contribution is 5.27. The smallest absolute Gasteiger partial charge is 0.228 e. The van der Waals surface area contributed by atoms with Crippen molar-refractivity contribution in [2.45, 2.75) is 6.92 Å². The lowest BCUT2D eigenvalue weighted by Crippen LogP contribution is -1.89. The van der Waals surface area contributed by atoms with Crippen molar-refractivity contribution < 1.29 is 9.13 Å². The number of hydrogen-bond acceptors (Lipinski definition) is 1. The van der Waals surface area contributed by atoms with Crippen molar-refractivity contribution in [2.75, 3.05) is 6.86 Å². The second kappa shape index (κ2) is 3.20. The van der Waals surface area contributed by atoms with Crippen LogP contribution in [0.4, 0.5) is 4.39 Å². The molecular weight excluding hydrogens is 131 g/mol. The zero-order valence-corrected chi connectivity index (χ0v) is 5.80. The summed E-state index contributed by atoms with van der Waals surface area (Å²) in [5, 5.41) is 0. The van der Waals surface area contributed by atoms with Crippen LogP contribution in [0.5, 0.6) is 5.75 Å². The first kappa shape index (κ1) is 7.06. The molecule has 0 unspecified atom stereocenters. The predicted molar refractivity (Wildman–Crippen MR) is 37.8 cm³/mol. The summed E-state index contributed by atoms with van der Waals surface area (Å²) in [6.07, 6.45) is 0. The number of hydrogen-bond donors (Lipinski definition) is 0. The standard InChI is InChI=1S/C8H9FO/c1-7-3-2-4-8(5-7)10-6-9/h2-5H,6H2,1H3. The zero-order valence-electron chi connectivity index (χ0n) is 5.80. The second-order valence-corrected chi connectivity index (χ2v) is 2.07. The Bertz CT molecular complexity index is 210. The Morgan fingerprint density at radius 1 is 1.50 bits per heavy atom. The first-order valence-electron chi connectivity index (χ1n) is 3.08. The van der Waals surface area contributed by atoms with E-state index in [0.717, 1.165) is 5.56 Å². The van der Waals surface area contributed by atoms with Crippen LogP contribution in [0.2, 0.25) is 0 Å². The molecule has 0 fully saturated rings. The van der Waals surface area contributed by atoms with Crippen LogP contribution in [-0.4, -0.2) is 6.86 Å². The Labute approximate surface area is 59.4 Å². The lowest BCUT2D eigenvalue weighted by Gasteiger charge is -1.99. The summed E-state index contributed by atoms with van der Waals surface area (Å²) in [6.45, 7) is 1.18. The molecule has 0 heterocycles. The molecule has 0 aliphatic carbocycles. The first-order chi connectivity index (χ1) is 4.83. The van der Waals surface area contributed by atoms with E-state index in [4.69, 9.17) is 0 Å². The second-order valence-electron chi connectivity index (χ2n) is 2.07. The van der Waals surface area contributed by atoms with E-state index < -0.39 is 6.86 Å². The van der Waals surface area contributed by atoms with Gasteiger partial charge in [-0.25, -0.2) is 4.39 Å². The summed E-state index contributed by atoms with van der Waals surface area (Å²) < 4.78 is 16.2. The summed E-state index contributed by atoms with van der Waals surface area (Å²) >= 11 is 0. The molecule has 0 amide bonds. The van der Waals surface area contributed by atoms with E-state index in [1.165, 1.54) is 0 Å². The molecule has 1 aromatic carbocycles. The summed E-state index contributed by atoms with van der Waals surface area (Å²) in [5.74, 6) is 0.586. The minimum absolute atomic E-state index is 0.586. The van der Waals surface area contributed by atoms with Gasteiger partial charge in [0.15, 0.2) is 0 Å². The van der Waals surface area contributed by atoms with Crippen LogP contribution < -0.4 is 4.74 Å². The summed E-state index contributed by atoms with van der Waals surface area (Å²) in [5.41, 5.74) is 1.07. The Hall–Kier alpha value is -1.05. The third-order valence-corrected chi connectivity index (χ3v) is 1.21. The molecule has 1 aromatic rings. The van der Waals surface area contributed by atoms with Gasteiger partial charge in [0.25, 0.3) is 0 Å². The normalized spacial score (nSPS) is 9.40. The topological polar surface area (TPSA) is 9.23 Å². The van der Waals surface area contributed by atoms with Gasteiger partial charge < -0.3 is 4.74 Å². The van der Waals surface area contributed by atoms with Crippen molar-refractivity contribution in [3.63, 3.8) is 0 Å². The Morgan fingerprint density at radius 2 is 2.30 bits per heavy atom. The van der Waals surface area contributed by atoms with Crippen LogP contribution in [0.15, 0.2) is 24.3 Å². The van der Waals surface area contributed by atoms with Crippen molar-refractivity contribution in [1.29, 1.82) is 0 Å². The highest BCUT2D eigenvalue weighted by atomic mass is 19.1. The quantitative estimate of drug-likeness (QED) is 0.612. The van der Waals surface area contributed by atoms with Gasteiger partial charge in [-0.3, -0.25) is 0 Å². The largest absolute Gasteiger partial charge is 0.463 e. The molecule has 0 atom stereocenters. The van der Waals surface area contributed by atoms with Crippen molar-refractivity contribution in [2.24, 2.45) is 0 Å². The van der Waals surface area contributed by atoms with Crippen LogP contribution in [-0.2, 0) is 0 Å². The maximum atomic E-state index is 11.6. The number of halogens is 1. The maximum Gasteiger partial charge on any atom is 0.228 e. The molecule has 54 valence electrons. The predicted octanol–water partition coefficient (Wildman–Crippen LogP) is 2.30. The molecular formula is C8H9FO. The van der Waals surface area contributed by atoms with Crippen molar-refractivity contribution in [3.05, 3.63) is 29.8 Å². The van der Waals surface area contributed by atoms with E-state index in [0.29, 0.717) is 5.75 Å². The fraction of sp³-hybridized carbons (Fsp3) is 0.250. The maximum absolute atomic E-state index is 11.6. The molecule has 1 nitrogen and oxygen atoms in total. The van der Waals surface area contributed by atoms with Gasteiger partial charge in [0, 0.05) is 0 Å². The molecule has 0 aliphatic rings. The summed E-state index contributed by atoms with van der Waals surface area (Å²) in [4.78, 5) is 0. The van der Waals surface area contributed by atoms with E-state index in [9.17, 15) is 4.39 Å². The van der Waals surface area contributed by atoms with Gasteiger partial charge in [-0.15, -0.1) is 0 Å². The molecule has 0 N–H and O–H groups in total. The minimum Gasteiger partial charge on any atom is -0.463 e. The summed E-state index contributed by atoms with van der Waals surface area (Å²) in [7, 11) is 0. The highest BCUT2D eigenvalue weighted by Gasteiger charge is 1.90. The Kier molecular flexibility index (Phi) is 2.26. The van der Waals surface area contributed by atoms with Gasteiger partial charge in [-0.2, -0.15) is 0 Å². The Balaban J connectivity index is 2.75. The monoisotopic (exact) mass is 140 g/mol. The third-order valence-electron chi connectivity index (χ3n) is 1.21. The number of ether oxygens (including phenoxy) is 1. The van der Waals surface area contributed by atoms with Crippen molar-refractivity contribution in [3.8, 4) is 5.75 Å². The van der Waals surface area contributed by atoms with Gasteiger partial charge >= 0.3 is 0 Å². The van der Waals surface area contributed by atoms with Crippen LogP contribution in [0.25, 0.3) is 0 Å². The van der Waals surface area contributed by atoms with Gasteiger partial charge in [0.05, 0.1) is 0 Å². The molecule has 2 heteroatoms. The lowest BCUT2D eigenvalue weighted by molar-refractivity contribution is 0.191. The molecule has 0 aliphatic heterocycles. The van der Waals surface area contributed by atoms with Gasteiger partial charge in [0.2, 0.25) is 6.86 Å². The number of benzene rings is 1. The molecule has 0 saturated carbocycles.